The highest BCUT2D eigenvalue weighted by Crippen LogP contribution is 2.45. The van der Waals surface area contributed by atoms with Crippen molar-refractivity contribution in [3.8, 4) is 0 Å². The number of carbonyl (C=O) groups is 1. The third-order valence-electron chi connectivity index (χ3n) is 5.93. The first-order valence-electron chi connectivity index (χ1n) is 9.10. The lowest BCUT2D eigenvalue weighted by atomic mass is 9.74. The number of carbonyl (C=O) groups excluding carboxylic acids is 1. The van der Waals surface area contributed by atoms with Crippen LogP contribution in [0.1, 0.15) is 32.6 Å². The average Bonchev–Trinajstić information content (AvgIpc) is 3.03. The molecule has 1 fully saturated rings. The van der Waals surface area contributed by atoms with Gasteiger partial charge in [0.05, 0.1) is 16.6 Å². The maximum atomic E-state index is 11.8. The molecule has 1 amide bonds. The van der Waals surface area contributed by atoms with Gasteiger partial charge in [0.1, 0.15) is 0 Å². The van der Waals surface area contributed by atoms with Crippen LogP contribution in [0, 0.1) is 0 Å². The highest BCUT2D eigenvalue weighted by atomic mass is 16.2. The number of benzene rings is 1. The van der Waals surface area contributed by atoms with E-state index in [2.05, 4.69) is 36.4 Å². The SMILES string of the molecule is CC(=O)N1CCC2(CC1)N=C1CC=CCC1=C1N=c3ccccc3=C12. The van der Waals surface area contributed by atoms with Gasteiger partial charge in [0.2, 0.25) is 5.91 Å². The van der Waals surface area contributed by atoms with E-state index in [1.165, 1.54) is 22.1 Å². The fraction of sp³-hybridized carbons (Fsp3) is 0.381. The summed E-state index contributed by atoms with van der Waals surface area (Å²) in [5.74, 6) is 0.164. The minimum Gasteiger partial charge on any atom is -0.343 e. The fourth-order valence-corrected chi connectivity index (χ4v) is 4.63. The number of hydrogen-bond donors (Lipinski definition) is 0. The normalized spacial score (nSPS) is 23.0. The fourth-order valence-electron chi connectivity index (χ4n) is 4.63. The smallest absolute Gasteiger partial charge is 0.219 e. The van der Waals surface area contributed by atoms with Crippen molar-refractivity contribution in [3.05, 3.63) is 58.3 Å². The van der Waals surface area contributed by atoms with Gasteiger partial charge in [0, 0.05) is 48.5 Å². The van der Waals surface area contributed by atoms with Gasteiger partial charge in [-0.2, -0.15) is 0 Å². The lowest BCUT2D eigenvalue weighted by Crippen LogP contribution is -2.49. The van der Waals surface area contributed by atoms with Crippen molar-refractivity contribution in [3.63, 3.8) is 0 Å². The Hall–Kier alpha value is -2.49. The number of hydrogen-bond acceptors (Lipinski definition) is 3. The highest BCUT2D eigenvalue weighted by Gasteiger charge is 2.45. The molecule has 25 heavy (non-hydrogen) atoms. The van der Waals surface area contributed by atoms with Crippen molar-refractivity contribution in [2.24, 2.45) is 9.98 Å². The molecule has 0 unspecified atom stereocenters. The summed E-state index contributed by atoms with van der Waals surface area (Å²) in [5, 5.41) is 2.30. The first-order chi connectivity index (χ1) is 12.2. The first kappa shape index (κ1) is 14.8. The van der Waals surface area contributed by atoms with E-state index in [9.17, 15) is 4.79 Å². The molecular weight excluding hydrogens is 310 g/mol. The van der Waals surface area contributed by atoms with Crippen LogP contribution in [0.25, 0.3) is 5.57 Å². The summed E-state index contributed by atoms with van der Waals surface area (Å²) in [6.45, 7) is 3.21. The Kier molecular flexibility index (Phi) is 3.11. The Morgan fingerprint density at radius 1 is 1.12 bits per heavy atom. The molecule has 4 heteroatoms. The number of dihydropyridines is 1. The third-order valence-corrected chi connectivity index (χ3v) is 5.93. The van der Waals surface area contributed by atoms with Crippen molar-refractivity contribution in [2.75, 3.05) is 13.1 Å². The number of fused-ring (bicyclic) bond motifs is 4. The molecule has 0 N–H and O–H groups in total. The van der Waals surface area contributed by atoms with Crippen LogP contribution in [0.5, 0.6) is 0 Å². The van der Waals surface area contributed by atoms with E-state index in [0.29, 0.717) is 0 Å². The quantitative estimate of drug-likeness (QED) is 0.670. The Bertz CT molecular complexity index is 988. The largest absolute Gasteiger partial charge is 0.343 e. The Morgan fingerprint density at radius 2 is 1.88 bits per heavy atom. The minimum atomic E-state index is -0.221. The predicted octanol–water partition coefficient (Wildman–Crippen LogP) is 1.91. The van der Waals surface area contributed by atoms with E-state index in [0.717, 1.165) is 49.8 Å². The molecule has 1 aromatic carbocycles. The van der Waals surface area contributed by atoms with Gasteiger partial charge in [0.25, 0.3) is 0 Å². The van der Waals surface area contributed by atoms with Gasteiger partial charge in [-0.15, -0.1) is 0 Å². The van der Waals surface area contributed by atoms with E-state index < -0.39 is 0 Å². The van der Waals surface area contributed by atoms with Crippen molar-refractivity contribution in [1.82, 2.24) is 4.90 Å². The van der Waals surface area contributed by atoms with Gasteiger partial charge in [-0.1, -0.05) is 30.4 Å². The molecule has 1 aromatic rings. The van der Waals surface area contributed by atoms with Crippen molar-refractivity contribution < 1.29 is 4.79 Å². The Morgan fingerprint density at radius 3 is 2.68 bits per heavy atom. The van der Waals surface area contributed by atoms with Gasteiger partial charge in [-0.25, -0.2) is 4.99 Å². The zero-order chi connectivity index (χ0) is 17.0. The van der Waals surface area contributed by atoms with Gasteiger partial charge >= 0.3 is 0 Å². The zero-order valence-corrected chi connectivity index (χ0v) is 14.5. The molecule has 0 radical (unpaired) electrons. The molecule has 3 heterocycles. The summed E-state index contributed by atoms with van der Waals surface area (Å²) < 4.78 is 0. The lowest BCUT2D eigenvalue weighted by Gasteiger charge is -2.43. The van der Waals surface area contributed by atoms with Crippen LogP contribution < -0.4 is 10.6 Å². The van der Waals surface area contributed by atoms with Crippen LogP contribution in [0.2, 0.25) is 0 Å². The van der Waals surface area contributed by atoms with Crippen LogP contribution in [-0.2, 0) is 4.79 Å². The molecule has 4 nitrogen and oxygen atoms in total. The predicted molar refractivity (Wildman–Crippen MR) is 97.7 cm³/mol. The van der Waals surface area contributed by atoms with E-state index in [1.807, 2.05) is 4.90 Å². The van der Waals surface area contributed by atoms with Gasteiger partial charge in [-0.3, -0.25) is 9.79 Å². The number of allylic oxidation sites excluding steroid dienone is 3. The van der Waals surface area contributed by atoms with Crippen LogP contribution in [0.3, 0.4) is 0 Å². The van der Waals surface area contributed by atoms with Crippen LogP contribution in [-0.4, -0.2) is 35.1 Å². The second-order valence-corrected chi connectivity index (χ2v) is 7.31. The Labute approximate surface area is 147 Å². The zero-order valence-electron chi connectivity index (χ0n) is 14.5. The molecule has 1 spiro atoms. The maximum absolute atomic E-state index is 11.8. The number of likely N-dealkylation sites (tertiary alicyclic amines) is 1. The summed E-state index contributed by atoms with van der Waals surface area (Å²) in [7, 11) is 0. The topological polar surface area (TPSA) is 45.0 Å². The van der Waals surface area contributed by atoms with E-state index in [1.54, 1.807) is 6.92 Å². The summed E-state index contributed by atoms with van der Waals surface area (Å²) >= 11 is 0. The summed E-state index contributed by atoms with van der Waals surface area (Å²) in [4.78, 5) is 24.0. The monoisotopic (exact) mass is 331 g/mol. The number of rotatable bonds is 0. The van der Waals surface area contributed by atoms with Gasteiger partial charge < -0.3 is 4.90 Å². The number of amides is 1. The molecule has 1 aliphatic carbocycles. The van der Waals surface area contributed by atoms with Crippen LogP contribution in [0.4, 0.5) is 0 Å². The number of piperidine rings is 1. The van der Waals surface area contributed by atoms with Crippen LogP contribution in [0.15, 0.2) is 57.7 Å². The van der Waals surface area contributed by atoms with Crippen molar-refractivity contribution >= 4 is 17.2 Å². The van der Waals surface area contributed by atoms with Gasteiger partial charge in [0.15, 0.2) is 0 Å². The molecule has 5 rings (SSSR count). The maximum Gasteiger partial charge on any atom is 0.219 e. The third kappa shape index (κ3) is 2.10. The molecule has 4 aliphatic rings. The molecule has 0 atom stereocenters. The van der Waals surface area contributed by atoms with Crippen LogP contribution >= 0.6 is 0 Å². The molecule has 0 bridgehead atoms. The van der Waals surface area contributed by atoms with Crippen molar-refractivity contribution in [2.45, 2.75) is 38.1 Å². The Balaban J connectivity index is 1.72. The van der Waals surface area contributed by atoms with E-state index >= 15 is 0 Å². The van der Waals surface area contributed by atoms with Gasteiger partial charge in [-0.05, 0) is 25.3 Å². The minimum absolute atomic E-state index is 0.164. The molecular formula is C21H21N3O. The molecule has 1 saturated heterocycles. The highest BCUT2D eigenvalue weighted by molar-refractivity contribution is 6.08. The number of nitrogens with zero attached hydrogens (tertiary/aromatic N) is 3. The lowest BCUT2D eigenvalue weighted by molar-refractivity contribution is -0.130. The number of aliphatic imine (C=N–C) groups is 1. The average molecular weight is 331 g/mol. The van der Waals surface area contributed by atoms with E-state index in [4.69, 9.17) is 9.98 Å². The first-order valence-corrected chi connectivity index (χ1v) is 9.10. The molecule has 3 aliphatic heterocycles. The number of para-hydroxylation sites is 1. The summed E-state index contributed by atoms with van der Waals surface area (Å²) in [5.41, 5.74) is 4.75. The molecule has 126 valence electrons. The summed E-state index contributed by atoms with van der Waals surface area (Å²) in [6.07, 6.45) is 8.04. The molecule has 0 aromatic heterocycles. The van der Waals surface area contributed by atoms with Crippen molar-refractivity contribution in [1.29, 1.82) is 0 Å². The second-order valence-electron chi connectivity index (χ2n) is 7.31. The molecule has 0 saturated carbocycles. The van der Waals surface area contributed by atoms with E-state index in [-0.39, 0.29) is 11.4 Å². The standard InChI is InChI=1S/C21H21N3O/c1-14(25)24-12-10-21(11-13-24)19-15-6-2-4-8-17(15)22-20(19)16-7-3-5-9-18(16)23-21/h2-6,8H,7,9-13H2,1H3. The summed E-state index contributed by atoms with van der Waals surface area (Å²) in [6, 6.07) is 8.43. The second kappa shape index (κ2) is 5.25.